The average Bonchev–Trinajstić information content (AvgIpc) is 2.61. The van der Waals surface area contributed by atoms with Crippen LogP contribution in [0.1, 0.15) is 17.9 Å². The van der Waals surface area contributed by atoms with Gasteiger partial charge in [-0.15, -0.1) is 0 Å². The highest BCUT2D eigenvalue weighted by Crippen LogP contribution is 2.36. The first-order valence-corrected chi connectivity index (χ1v) is 4.93. The molecular formula is C11H12N2O3. The van der Waals surface area contributed by atoms with Crippen LogP contribution >= 0.6 is 0 Å². The zero-order chi connectivity index (χ0) is 11.7. The fourth-order valence-electron chi connectivity index (χ4n) is 1.77. The van der Waals surface area contributed by atoms with Gasteiger partial charge in [0.1, 0.15) is 11.8 Å². The van der Waals surface area contributed by atoms with Crippen LogP contribution in [0.4, 0.5) is 5.69 Å². The predicted octanol–water partition coefficient (Wildman–Crippen LogP) is 0.994. The van der Waals surface area contributed by atoms with E-state index >= 15 is 0 Å². The van der Waals surface area contributed by atoms with Gasteiger partial charge in [0, 0.05) is 12.1 Å². The number of phenolic OH excluding ortho intramolecular Hbond substituents is 1. The molecule has 1 aliphatic rings. The van der Waals surface area contributed by atoms with Crippen LogP contribution in [0, 0.1) is 0 Å². The molecule has 0 aliphatic carbocycles. The highest BCUT2D eigenvalue weighted by molar-refractivity contribution is 5.82. The Morgan fingerprint density at radius 2 is 2.31 bits per heavy atom. The number of carboxylic acid groups (broad SMARTS) is 1. The summed E-state index contributed by atoms with van der Waals surface area (Å²) in [7, 11) is 0. The summed E-state index contributed by atoms with van der Waals surface area (Å²) in [6, 6.07) is 3.94. The van der Waals surface area contributed by atoms with E-state index in [1.54, 1.807) is 24.4 Å². The molecule has 5 heteroatoms. The van der Waals surface area contributed by atoms with E-state index in [2.05, 4.69) is 4.99 Å². The van der Waals surface area contributed by atoms with Crippen LogP contribution in [0.3, 0.4) is 0 Å². The number of aromatic hydroxyl groups is 1. The molecule has 0 bridgehead atoms. The highest BCUT2D eigenvalue weighted by Gasteiger charge is 2.24. The Morgan fingerprint density at radius 1 is 1.56 bits per heavy atom. The van der Waals surface area contributed by atoms with Gasteiger partial charge < -0.3 is 15.9 Å². The Bertz CT molecular complexity index is 457. The number of aliphatic carboxylic acids is 1. The Labute approximate surface area is 92.2 Å². The number of benzene rings is 1. The lowest BCUT2D eigenvalue weighted by Crippen LogP contribution is -2.31. The predicted molar refractivity (Wildman–Crippen MR) is 59.2 cm³/mol. The van der Waals surface area contributed by atoms with E-state index in [4.69, 9.17) is 10.8 Å². The number of aliphatic imine (C=N–C) groups is 1. The number of nitrogens with zero attached hydrogens (tertiary/aromatic N) is 1. The van der Waals surface area contributed by atoms with Gasteiger partial charge in [-0.3, -0.25) is 9.79 Å². The minimum atomic E-state index is -1.03. The molecule has 0 saturated heterocycles. The number of phenols is 1. The quantitative estimate of drug-likeness (QED) is 0.707. The average molecular weight is 220 g/mol. The molecular weight excluding hydrogens is 208 g/mol. The summed E-state index contributed by atoms with van der Waals surface area (Å²) < 4.78 is 0. The van der Waals surface area contributed by atoms with Crippen molar-refractivity contribution in [1.29, 1.82) is 0 Å². The summed E-state index contributed by atoms with van der Waals surface area (Å²) in [6.07, 6.45) is 1.96. The SMILES string of the molecule is N[C@H](CC1C=Nc2ccc(O)cc21)C(=O)O. The van der Waals surface area contributed by atoms with Gasteiger partial charge >= 0.3 is 5.97 Å². The third kappa shape index (κ3) is 1.90. The van der Waals surface area contributed by atoms with Gasteiger partial charge in [-0.25, -0.2) is 0 Å². The molecule has 1 aromatic rings. The van der Waals surface area contributed by atoms with Crippen LogP contribution in [-0.4, -0.2) is 28.4 Å². The van der Waals surface area contributed by atoms with Gasteiger partial charge in [-0.2, -0.15) is 0 Å². The van der Waals surface area contributed by atoms with Crippen molar-refractivity contribution in [2.45, 2.75) is 18.4 Å². The van der Waals surface area contributed by atoms with Crippen molar-refractivity contribution < 1.29 is 15.0 Å². The molecule has 2 atom stereocenters. The molecule has 4 N–H and O–H groups in total. The van der Waals surface area contributed by atoms with Crippen molar-refractivity contribution in [3.8, 4) is 5.75 Å². The highest BCUT2D eigenvalue weighted by atomic mass is 16.4. The third-order valence-electron chi connectivity index (χ3n) is 2.63. The molecule has 1 aromatic carbocycles. The molecule has 0 aromatic heterocycles. The molecule has 5 nitrogen and oxygen atoms in total. The van der Waals surface area contributed by atoms with Gasteiger partial charge in [-0.05, 0) is 30.2 Å². The van der Waals surface area contributed by atoms with E-state index in [1.807, 2.05) is 0 Å². The topological polar surface area (TPSA) is 95.9 Å². The van der Waals surface area contributed by atoms with Crippen molar-refractivity contribution in [3.63, 3.8) is 0 Å². The van der Waals surface area contributed by atoms with E-state index in [-0.39, 0.29) is 18.1 Å². The molecule has 0 spiro atoms. The monoisotopic (exact) mass is 220 g/mol. The van der Waals surface area contributed by atoms with Crippen molar-refractivity contribution in [2.75, 3.05) is 0 Å². The number of rotatable bonds is 3. The summed E-state index contributed by atoms with van der Waals surface area (Å²) in [5, 5.41) is 18.1. The van der Waals surface area contributed by atoms with E-state index < -0.39 is 12.0 Å². The lowest BCUT2D eigenvalue weighted by Gasteiger charge is -2.12. The van der Waals surface area contributed by atoms with Crippen LogP contribution in [0.2, 0.25) is 0 Å². The van der Waals surface area contributed by atoms with Gasteiger partial charge in [0.05, 0.1) is 5.69 Å². The molecule has 1 heterocycles. The van der Waals surface area contributed by atoms with Crippen molar-refractivity contribution >= 4 is 17.9 Å². The smallest absolute Gasteiger partial charge is 0.320 e. The number of fused-ring (bicyclic) bond motifs is 1. The number of carboxylic acids is 1. The first-order chi connectivity index (χ1) is 7.58. The molecule has 2 rings (SSSR count). The molecule has 0 radical (unpaired) electrons. The number of hydrogen-bond donors (Lipinski definition) is 3. The Kier molecular flexibility index (Phi) is 2.62. The van der Waals surface area contributed by atoms with E-state index in [9.17, 15) is 9.90 Å². The first-order valence-electron chi connectivity index (χ1n) is 4.93. The van der Waals surface area contributed by atoms with E-state index in [1.165, 1.54) is 0 Å². The first kappa shape index (κ1) is 10.6. The maximum absolute atomic E-state index is 10.6. The van der Waals surface area contributed by atoms with Crippen LogP contribution < -0.4 is 5.73 Å². The van der Waals surface area contributed by atoms with Crippen molar-refractivity contribution in [3.05, 3.63) is 23.8 Å². The Morgan fingerprint density at radius 3 is 3.00 bits per heavy atom. The zero-order valence-electron chi connectivity index (χ0n) is 8.50. The Balaban J connectivity index is 2.20. The molecule has 0 saturated carbocycles. The number of hydrogen-bond acceptors (Lipinski definition) is 4. The van der Waals surface area contributed by atoms with Crippen LogP contribution in [0.5, 0.6) is 5.75 Å². The van der Waals surface area contributed by atoms with Crippen LogP contribution in [0.15, 0.2) is 23.2 Å². The zero-order valence-corrected chi connectivity index (χ0v) is 8.50. The maximum atomic E-state index is 10.6. The van der Waals surface area contributed by atoms with Gasteiger partial charge in [0.2, 0.25) is 0 Å². The summed E-state index contributed by atoms with van der Waals surface area (Å²) in [6.45, 7) is 0. The Hall–Kier alpha value is -1.88. The lowest BCUT2D eigenvalue weighted by atomic mass is 9.94. The molecule has 16 heavy (non-hydrogen) atoms. The van der Waals surface area contributed by atoms with Crippen LogP contribution in [0.25, 0.3) is 0 Å². The molecule has 1 aliphatic heterocycles. The maximum Gasteiger partial charge on any atom is 0.320 e. The summed E-state index contributed by atoms with van der Waals surface area (Å²) in [5.41, 5.74) is 7.06. The van der Waals surface area contributed by atoms with Gasteiger partial charge in [-0.1, -0.05) is 0 Å². The number of nitrogens with two attached hydrogens (primary N) is 1. The summed E-state index contributed by atoms with van der Waals surface area (Å²) >= 11 is 0. The fourth-order valence-corrected chi connectivity index (χ4v) is 1.77. The van der Waals surface area contributed by atoms with Gasteiger partial charge in [0.15, 0.2) is 0 Å². The summed E-state index contributed by atoms with van der Waals surface area (Å²) in [4.78, 5) is 14.8. The van der Waals surface area contributed by atoms with Gasteiger partial charge in [0.25, 0.3) is 0 Å². The minimum absolute atomic E-state index is 0.131. The third-order valence-corrected chi connectivity index (χ3v) is 2.63. The second-order valence-corrected chi connectivity index (χ2v) is 3.81. The number of carbonyl (C=O) groups is 1. The lowest BCUT2D eigenvalue weighted by molar-refractivity contribution is -0.138. The minimum Gasteiger partial charge on any atom is -0.508 e. The molecule has 0 fully saturated rings. The normalized spacial score (nSPS) is 19.4. The standard InChI is InChI=1S/C11H12N2O3/c12-9(11(15)16)3-6-5-13-10-2-1-7(14)4-8(6)10/h1-2,4-6,9,14H,3,12H2,(H,15,16)/t6?,9-/m1/s1. The second kappa shape index (κ2) is 3.94. The van der Waals surface area contributed by atoms with E-state index in [0.717, 1.165) is 11.3 Å². The second-order valence-electron chi connectivity index (χ2n) is 3.81. The van der Waals surface area contributed by atoms with Crippen molar-refractivity contribution in [2.24, 2.45) is 10.7 Å². The van der Waals surface area contributed by atoms with Crippen LogP contribution in [-0.2, 0) is 4.79 Å². The molecule has 1 unspecified atom stereocenters. The fraction of sp³-hybridized carbons (Fsp3) is 0.273. The molecule has 84 valence electrons. The van der Waals surface area contributed by atoms with E-state index in [0.29, 0.717) is 0 Å². The van der Waals surface area contributed by atoms with Crippen molar-refractivity contribution in [1.82, 2.24) is 0 Å². The molecule has 0 amide bonds. The summed E-state index contributed by atoms with van der Waals surface area (Å²) in [5.74, 6) is -1.01. The largest absolute Gasteiger partial charge is 0.508 e.